The average molecular weight is 276 g/mol. The molecule has 0 saturated carbocycles. The lowest BCUT2D eigenvalue weighted by Crippen LogP contribution is -2.11. The van der Waals surface area contributed by atoms with Gasteiger partial charge in [0.25, 0.3) is 0 Å². The van der Waals surface area contributed by atoms with E-state index < -0.39 is 5.91 Å². The molecule has 0 atom stereocenters. The monoisotopic (exact) mass is 276 g/mol. The van der Waals surface area contributed by atoms with Gasteiger partial charge < -0.3 is 20.9 Å². The fraction of sp³-hybridized carbons (Fsp3) is 0.231. The van der Waals surface area contributed by atoms with Crippen molar-refractivity contribution in [3.63, 3.8) is 0 Å². The first kappa shape index (κ1) is 13.7. The number of rotatable bonds is 4. The van der Waals surface area contributed by atoms with Gasteiger partial charge in [0.2, 0.25) is 11.8 Å². The number of carbonyl (C=O) groups excluding carboxylic acids is 1. The molecule has 1 heterocycles. The minimum absolute atomic E-state index is 0.336. The first-order valence-electron chi connectivity index (χ1n) is 5.88. The molecule has 1 aromatic heterocycles. The van der Waals surface area contributed by atoms with E-state index in [9.17, 15) is 4.79 Å². The number of methoxy groups -OCH3 is 1. The summed E-state index contributed by atoms with van der Waals surface area (Å²) in [4.78, 5) is 11.1. The molecule has 0 spiro atoms. The van der Waals surface area contributed by atoms with Crippen LogP contribution in [0.2, 0.25) is 0 Å². The SMILES string of the molecule is COc1cc(C(N)=O)ccc1Oc1c(N)c(C)nn1C. The first-order valence-corrected chi connectivity index (χ1v) is 5.88. The zero-order chi connectivity index (χ0) is 14.9. The van der Waals surface area contributed by atoms with Gasteiger partial charge in [-0.25, -0.2) is 4.68 Å². The smallest absolute Gasteiger partial charge is 0.248 e. The van der Waals surface area contributed by atoms with Crippen LogP contribution in [0.4, 0.5) is 5.69 Å². The molecule has 0 radical (unpaired) electrons. The quantitative estimate of drug-likeness (QED) is 0.873. The van der Waals surface area contributed by atoms with E-state index in [2.05, 4.69) is 5.10 Å². The zero-order valence-corrected chi connectivity index (χ0v) is 11.5. The van der Waals surface area contributed by atoms with Gasteiger partial charge in [-0.3, -0.25) is 4.79 Å². The van der Waals surface area contributed by atoms with Gasteiger partial charge in [0, 0.05) is 12.6 Å². The van der Waals surface area contributed by atoms with Crippen LogP contribution in [-0.4, -0.2) is 22.8 Å². The fourth-order valence-electron chi connectivity index (χ4n) is 1.78. The summed E-state index contributed by atoms with van der Waals surface area (Å²) < 4.78 is 12.4. The number of amides is 1. The van der Waals surface area contributed by atoms with E-state index >= 15 is 0 Å². The van der Waals surface area contributed by atoms with Crippen LogP contribution in [0.1, 0.15) is 16.1 Å². The summed E-state index contributed by atoms with van der Waals surface area (Å²) in [6, 6.07) is 4.66. The Labute approximate surface area is 116 Å². The number of hydrogen-bond acceptors (Lipinski definition) is 5. The van der Waals surface area contributed by atoms with Crippen molar-refractivity contribution in [3.8, 4) is 17.4 Å². The molecule has 0 aliphatic carbocycles. The number of aryl methyl sites for hydroxylation is 2. The van der Waals surface area contributed by atoms with E-state index in [0.717, 1.165) is 0 Å². The third-order valence-corrected chi connectivity index (χ3v) is 2.87. The molecular weight excluding hydrogens is 260 g/mol. The summed E-state index contributed by atoms with van der Waals surface area (Å²) in [5.41, 5.74) is 12.6. The highest BCUT2D eigenvalue weighted by Crippen LogP contribution is 2.35. The number of benzene rings is 1. The van der Waals surface area contributed by atoms with E-state index in [1.54, 1.807) is 26.1 Å². The molecule has 106 valence electrons. The topological polar surface area (TPSA) is 105 Å². The molecule has 0 saturated heterocycles. The summed E-state index contributed by atoms with van der Waals surface area (Å²) >= 11 is 0. The van der Waals surface area contributed by atoms with E-state index in [-0.39, 0.29) is 0 Å². The Morgan fingerprint density at radius 2 is 2.05 bits per heavy atom. The minimum Gasteiger partial charge on any atom is -0.493 e. The van der Waals surface area contributed by atoms with E-state index in [1.165, 1.54) is 17.9 Å². The van der Waals surface area contributed by atoms with Crippen molar-refractivity contribution >= 4 is 11.6 Å². The number of aromatic nitrogens is 2. The highest BCUT2D eigenvalue weighted by atomic mass is 16.5. The summed E-state index contributed by atoms with van der Waals surface area (Å²) in [7, 11) is 3.20. The molecule has 0 aliphatic heterocycles. The third kappa shape index (κ3) is 2.37. The van der Waals surface area contributed by atoms with Gasteiger partial charge in [-0.1, -0.05) is 0 Å². The molecule has 0 aliphatic rings. The molecule has 7 nitrogen and oxygen atoms in total. The Balaban J connectivity index is 2.40. The Kier molecular flexibility index (Phi) is 3.51. The predicted octanol–water partition coefficient (Wildman–Crippen LogP) is 1.21. The van der Waals surface area contributed by atoms with Crippen molar-refractivity contribution < 1.29 is 14.3 Å². The number of ether oxygens (including phenoxy) is 2. The molecule has 0 unspecified atom stereocenters. The van der Waals surface area contributed by atoms with Gasteiger partial charge in [-0.2, -0.15) is 5.10 Å². The van der Waals surface area contributed by atoms with Crippen molar-refractivity contribution in [1.29, 1.82) is 0 Å². The Hall–Kier alpha value is -2.70. The van der Waals surface area contributed by atoms with Crippen LogP contribution in [0.3, 0.4) is 0 Å². The second-order valence-corrected chi connectivity index (χ2v) is 4.26. The van der Waals surface area contributed by atoms with Gasteiger partial charge in [0.15, 0.2) is 11.5 Å². The lowest BCUT2D eigenvalue weighted by Gasteiger charge is -2.11. The largest absolute Gasteiger partial charge is 0.493 e. The number of nitrogens with zero attached hydrogens (tertiary/aromatic N) is 2. The van der Waals surface area contributed by atoms with Gasteiger partial charge in [0.05, 0.1) is 12.8 Å². The lowest BCUT2D eigenvalue weighted by molar-refractivity contribution is 0.1000. The van der Waals surface area contributed by atoms with Gasteiger partial charge in [0.1, 0.15) is 5.69 Å². The van der Waals surface area contributed by atoms with E-state index in [0.29, 0.717) is 34.3 Å². The maximum absolute atomic E-state index is 11.1. The third-order valence-electron chi connectivity index (χ3n) is 2.87. The first-order chi connectivity index (χ1) is 9.43. The highest BCUT2D eigenvalue weighted by Gasteiger charge is 2.15. The highest BCUT2D eigenvalue weighted by molar-refractivity contribution is 5.93. The molecule has 1 amide bonds. The second kappa shape index (κ2) is 5.12. The Morgan fingerprint density at radius 3 is 2.55 bits per heavy atom. The number of hydrogen-bond donors (Lipinski definition) is 2. The lowest BCUT2D eigenvalue weighted by atomic mass is 10.2. The van der Waals surface area contributed by atoms with E-state index in [1.807, 2.05) is 0 Å². The van der Waals surface area contributed by atoms with Crippen LogP contribution in [-0.2, 0) is 7.05 Å². The van der Waals surface area contributed by atoms with Crippen molar-refractivity contribution in [1.82, 2.24) is 9.78 Å². The molecular formula is C13H16N4O3. The molecule has 2 rings (SSSR count). The number of carbonyl (C=O) groups is 1. The molecule has 0 bridgehead atoms. The summed E-state index contributed by atoms with van der Waals surface area (Å²) in [6.45, 7) is 1.79. The normalized spacial score (nSPS) is 10.3. The Morgan fingerprint density at radius 1 is 1.35 bits per heavy atom. The minimum atomic E-state index is -0.536. The van der Waals surface area contributed by atoms with Crippen LogP contribution in [0, 0.1) is 6.92 Å². The maximum Gasteiger partial charge on any atom is 0.248 e. The van der Waals surface area contributed by atoms with Gasteiger partial charge in [-0.05, 0) is 25.1 Å². The maximum atomic E-state index is 11.1. The van der Waals surface area contributed by atoms with Crippen LogP contribution < -0.4 is 20.9 Å². The number of primary amides is 1. The standard InChI is InChI=1S/C13H16N4O3/c1-7-11(14)13(17(2)16-7)20-9-5-4-8(12(15)18)6-10(9)19-3/h4-6H,14H2,1-3H3,(H2,15,18). The number of nitrogen functional groups attached to an aromatic ring is 1. The molecule has 2 aromatic rings. The second-order valence-electron chi connectivity index (χ2n) is 4.26. The Bertz CT molecular complexity index is 664. The molecule has 0 fully saturated rings. The van der Waals surface area contributed by atoms with Crippen LogP contribution in [0.5, 0.6) is 17.4 Å². The van der Waals surface area contributed by atoms with Gasteiger partial charge >= 0.3 is 0 Å². The molecule has 4 N–H and O–H groups in total. The summed E-state index contributed by atoms with van der Waals surface area (Å²) in [5.74, 6) is 0.685. The fourth-order valence-corrected chi connectivity index (χ4v) is 1.78. The predicted molar refractivity (Wildman–Crippen MR) is 73.9 cm³/mol. The summed E-state index contributed by atoms with van der Waals surface area (Å²) in [6.07, 6.45) is 0. The molecule has 1 aromatic carbocycles. The van der Waals surface area contributed by atoms with Crippen LogP contribution in [0.25, 0.3) is 0 Å². The number of nitrogens with two attached hydrogens (primary N) is 2. The molecule has 20 heavy (non-hydrogen) atoms. The van der Waals surface area contributed by atoms with Crippen molar-refractivity contribution in [2.75, 3.05) is 12.8 Å². The van der Waals surface area contributed by atoms with Crippen molar-refractivity contribution in [2.45, 2.75) is 6.92 Å². The van der Waals surface area contributed by atoms with E-state index in [4.69, 9.17) is 20.9 Å². The van der Waals surface area contributed by atoms with Crippen molar-refractivity contribution in [2.24, 2.45) is 12.8 Å². The van der Waals surface area contributed by atoms with Crippen LogP contribution >= 0.6 is 0 Å². The summed E-state index contributed by atoms with van der Waals surface area (Å²) in [5, 5.41) is 4.16. The number of anilines is 1. The van der Waals surface area contributed by atoms with Gasteiger partial charge in [-0.15, -0.1) is 0 Å². The van der Waals surface area contributed by atoms with Crippen molar-refractivity contribution in [3.05, 3.63) is 29.5 Å². The molecule has 7 heteroatoms. The zero-order valence-electron chi connectivity index (χ0n) is 11.5. The average Bonchev–Trinajstić information content (AvgIpc) is 2.65. The van der Waals surface area contributed by atoms with Crippen LogP contribution in [0.15, 0.2) is 18.2 Å².